The molecule has 0 aliphatic carbocycles. The molecule has 9 heteroatoms. The summed E-state index contributed by atoms with van der Waals surface area (Å²) in [5.41, 5.74) is 6.00. The molecule has 1 saturated heterocycles. The lowest BCUT2D eigenvalue weighted by Crippen LogP contribution is -2.41. The van der Waals surface area contributed by atoms with E-state index in [1.165, 1.54) is 6.07 Å². The predicted octanol–water partition coefficient (Wildman–Crippen LogP) is 3.44. The molecule has 1 aromatic heterocycles. The second-order valence-corrected chi connectivity index (χ2v) is 7.80. The molecule has 1 aliphatic rings. The van der Waals surface area contributed by atoms with Crippen LogP contribution in [0.1, 0.15) is 37.7 Å². The molecular formula is C20H27BF3N3O2. The monoisotopic (exact) mass is 409 g/mol. The first-order chi connectivity index (χ1) is 13.8. The number of unbranched alkanes of at least 4 members (excludes halogenated alkanes) is 1. The van der Waals surface area contributed by atoms with Crippen LogP contribution in [0.5, 0.6) is 0 Å². The Bertz CT molecular complexity index is 811. The van der Waals surface area contributed by atoms with Gasteiger partial charge in [0.25, 0.3) is 0 Å². The molecule has 1 aliphatic heterocycles. The van der Waals surface area contributed by atoms with Gasteiger partial charge in [0.2, 0.25) is 0 Å². The van der Waals surface area contributed by atoms with E-state index in [0.717, 1.165) is 31.7 Å². The smallest absolute Gasteiger partial charge is 0.427 e. The van der Waals surface area contributed by atoms with Gasteiger partial charge < -0.3 is 20.7 Å². The molecule has 2 heterocycles. The Morgan fingerprint density at radius 2 is 1.86 bits per heavy atom. The molecule has 1 atom stereocenters. The Kier molecular flexibility index (Phi) is 7.03. The predicted molar refractivity (Wildman–Crippen MR) is 109 cm³/mol. The zero-order valence-electron chi connectivity index (χ0n) is 16.3. The van der Waals surface area contributed by atoms with Gasteiger partial charge in [-0.3, -0.25) is 0 Å². The number of benzene rings is 1. The van der Waals surface area contributed by atoms with Crippen LogP contribution in [0, 0.1) is 5.92 Å². The fourth-order valence-corrected chi connectivity index (χ4v) is 4.06. The first-order valence-corrected chi connectivity index (χ1v) is 10.1. The van der Waals surface area contributed by atoms with Gasteiger partial charge in [0.1, 0.15) is 5.82 Å². The van der Waals surface area contributed by atoms with Gasteiger partial charge in [-0.1, -0.05) is 31.0 Å². The van der Waals surface area contributed by atoms with Crippen molar-refractivity contribution in [2.45, 2.75) is 50.6 Å². The van der Waals surface area contributed by atoms with E-state index in [2.05, 4.69) is 4.98 Å². The molecule has 158 valence electrons. The first kappa shape index (κ1) is 21.9. The molecule has 2 aromatic rings. The van der Waals surface area contributed by atoms with E-state index in [0.29, 0.717) is 43.1 Å². The summed E-state index contributed by atoms with van der Waals surface area (Å²) in [6.07, 6.45) is -0.116. The largest absolute Gasteiger partial charge is 0.451 e. The maximum absolute atomic E-state index is 13.5. The Morgan fingerprint density at radius 1 is 1.17 bits per heavy atom. The van der Waals surface area contributed by atoms with Crippen molar-refractivity contribution in [3.8, 4) is 0 Å². The Morgan fingerprint density at radius 3 is 2.52 bits per heavy atom. The number of nitrogens with two attached hydrogens (primary N) is 1. The second kappa shape index (κ2) is 9.32. The van der Waals surface area contributed by atoms with Gasteiger partial charge in [-0.25, -0.2) is 4.98 Å². The summed E-state index contributed by atoms with van der Waals surface area (Å²) in [6.45, 7) is 1.24. The SMILES string of the molecule is NC(CCCCB(O)O)C1CCN(c2cc(C(F)(F)F)c3ccccc3n2)CC1. The number of rotatable bonds is 7. The fraction of sp³-hybridized carbons (Fsp3) is 0.550. The van der Waals surface area contributed by atoms with Gasteiger partial charge in [-0.05, 0) is 43.6 Å². The average molecular weight is 409 g/mol. The number of para-hydroxylation sites is 1. The van der Waals surface area contributed by atoms with Crippen LogP contribution in [0.4, 0.5) is 19.0 Å². The van der Waals surface area contributed by atoms with Crippen LogP contribution < -0.4 is 10.6 Å². The zero-order valence-corrected chi connectivity index (χ0v) is 16.3. The number of piperidine rings is 1. The maximum atomic E-state index is 13.5. The van der Waals surface area contributed by atoms with Crippen molar-refractivity contribution in [2.24, 2.45) is 11.7 Å². The topological polar surface area (TPSA) is 82.6 Å². The summed E-state index contributed by atoms with van der Waals surface area (Å²) in [7, 11) is -1.27. The van der Waals surface area contributed by atoms with E-state index in [-0.39, 0.29) is 11.4 Å². The van der Waals surface area contributed by atoms with Crippen LogP contribution in [0.3, 0.4) is 0 Å². The molecular weight excluding hydrogens is 382 g/mol. The van der Waals surface area contributed by atoms with Crippen molar-refractivity contribution < 1.29 is 23.2 Å². The maximum Gasteiger partial charge on any atom is 0.451 e. The van der Waals surface area contributed by atoms with Crippen LogP contribution in [-0.4, -0.2) is 41.3 Å². The molecule has 29 heavy (non-hydrogen) atoms. The Balaban J connectivity index is 1.64. The minimum Gasteiger partial charge on any atom is -0.427 e. The number of nitrogens with zero attached hydrogens (tertiary/aromatic N) is 2. The molecule has 0 spiro atoms. The molecule has 5 nitrogen and oxygen atoms in total. The van der Waals surface area contributed by atoms with E-state index in [1.54, 1.807) is 18.2 Å². The number of alkyl halides is 3. The van der Waals surface area contributed by atoms with Crippen LogP contribution in [0.15, 0.2) is 30.3 Å². The molecule has 1 aromatic carbocycles. The third kappa shape index (κ3) is 5.61. The molecule has 0 bridgehead atoms. The Hall–Kier alpha value is -1.84. The second-order valence-electron chi connectivity index (χ2n) is 7.80. The molecule has 4 N–H and O–H groups in total. The number of halogens is 3. The van der Waals surface area contributed by atoms with E-state index in [1.807, 2.05) is 4.90 Å². The quantitative estimate of drug-likeness (QED) is 0.482. The van der Waals surface area contributed by atoms with Gasteiger partial charge in [-0.2, -0.15) is 13.2 Å². The number of hydrogen-bond acceptors (Lipinski definition) is 5. The van der Waals surface area contributed by atoms with E-state index in [4.69, 9.17) is 15.8 Å². The van der Waals surface area contributed by atoms with Crippen LogP contribution in [0.2, 0.25) is 6.32 Å². The number of aromatic nitrogens is 1. The third-order valence-electron chi connectivity index (χ3n) is 5.73. The first-order valence-electron chi connectivity index (χ1n) is 10.1. The summed E-state index contributed by atoms with van der Waals surface area (Å²) in [5, 5.41) is 17.9. The van der Waals surface area contributed by atoms with E-state index < -0.39 is 18.9 Å². The molecule has 1 unspecified atom stereocenters. The summed E-state index contributed by atoms with van der Waals surface area (Å²) < 4.78 is 40.6. The minimum absolute atomic E-state index is 0.0169. The summed E-state index contributed by atoms with van der Waals surface area (Å²) in [5.74, 6) is 0.674. The number of anilines is 1. The fourth-order valence-electron chi connectivity index (χ4n) is 4.06. The van der Waals surface area contributed by atoms with Gasteiger partial charge in [0, 0.05) is 24.5 Å². The lowest BCUT2D eigenvalue weighted by Gasteiger charge is -2.36. The van der Waals surface area contributed by atoms with Crippen molar-refractivity contribution in [3.05, 3.63) is 35.9 Å². The molecule has 0 saturated carbocycles. The van der Waals surface area contributed by atoms with Gasteiger partial charge in [-0.15, -0.1) is 0 Å². The highest BCUT2D eigenvalue weighted by Gasteiger charge is 2.34. The molecule has 3 rings (SSSR count). The Labute approximate surface area is 168 Å². The summed E-state index contributed by atoms with van der Waals surface area (Å²) in [6, 6.07) is 7.52. The lowest BCUT2D eigenvalue weighted by atomic mass is 9.82. The normalized spacial score (nSPS) is 17.0. The highest BCUT2D eigenvalue weighted by Crippen LogP contribution is 2.37. The summed E-state index contributed by atoms with van der Waals surface area (Å²) in [4.78, 5) is 6.38. The third-order valence-corrected chi connectivity index (χ3v) is 5.73. The van der Waals surface area contributed by atoms with Crippen molar-refractivity contribution >= 4 is 23.8 Å². The van der Waals surface area contributed by atoms with Crippen molar-refractivity contribution in [3.63, 3.8) is 0 Å². The minimum atomic E-state index is -4.43. The van der Waals surface area contributed by atoms with Crippen molar-refractivity contribution in [2.75, 3.05) is 18.0 Å². The number of fused-ring (bicyclic) bond motifs is 1. The molecule has 0 amide bonds. The average Bonchev–Trinajstić information content (AvgIpc) is 2.69. The number of pyridine rings is 1. The van der Waals surface area contributed by atoms with Crippen molar-refractivity contribution in [1.29, 1.82) is 0 Å². The van der Waals surface area contributed by atoms with Crippen molar-refractivity contribution in [1.82, 2.24) is 4.98 Å². The van der Waals surface area contributed by atoms with Gasteiger partial charge in [0.15, 0.2) is 0 Å². The highest BCUT2D eigenvalue weighted by atomic mass is 19.4. The van der Waals surface area contributed by atoms with Crippen LogP contribution in [-0.2, 0) is 6.18 Å². The van der Waals surface area contributed by atoms with Gasteiger partial charge >= 0.3 is 13.3 Å². The van der Waals surface area contributed by atoms with Crippen LogP contribution in [0.25, 0.3) is 10.9 Å². The van der Waals surface area contributed by atoms with Gasteiger partial charge in [0.05, 0.1) is 11.1 Å². The lowest BCUT2D eigenvalue weighted by molar-refractivity contribution is -0.136. The molecule has 1 fully saturated rings. The summed E-state index contributed by atoms with van der Waals surface area (Å²) >= 11 is 0. The zero-order chi connectivity index (χ0) is 21.0. The highest BCUT2D eigenvalue weighted by molar-refractivity contribution is 6.40. The number of hydrogen-bond donors (Lipinski definition) is 3. The van der Waals surface area contributed by atoms with E-state index in [9.17, 15) is 13.2 Å². The van der Waals surface area contributed by atoms with Crippen LogP contribution >= 0.6 is 0 Å². The standard InChI is InChI=1S/C20H27BF3N3O2/c22-20(23,24)16-13-19(26-18-7-2-1-5-15(16)18)27-11-8-14(9-12-27)17(25)6-3-4-10-21(28)29/h1-2,5,7,13-14,17,28-29H,3-4,6,8-12,25H2. The van der Waals surface area contributed by atoms with E-state index >= 15 is 0 Å². The molecule has 0 radical (unpaired) electrons.